The van der Waals surface area contributed by atoms with Gasteiger partial charge in [0.05, 0.1) is 5.56 Å². The van der Waals surface area contributed by atoms with Crippen LogP contribution < -0.4 is 0 Å². The number of nitrogens with zero attached hydrogens (tertiary/aromatic N) is 1. The Bertz CT molecular complexity index is 517. The lowest BCUT2D eigenvalue weighted by atomic mass is 10.2. The van der Waals surface area contributed by atoms with Gasteiger partial charge in [0.2, 0.25) is 0 Å². The number of carbonyl (C=O) groups excluding carboxylic acids is 1. The van der Waals surface area contributed by atoms with Crippen LogP contribution in [0.3, 0.4) is 0 Å². The Hall–Kier alpha value is -1.35. The molecule has 0 aliphatic carbocycles. The number of rotatable bonds is 2. The number of fused-ring (bicyclic) bond motifs is 1. The van der Waals surface area contributed by atoms with Gasteiger partial charge in [-0.05, 0) is 12.1 Å². The van der Waals surface area contributed by atoms with Crippen molar-refractivity contribution in [2.24, 2.45) is 0 Å². The van der Waals surface area contributed by atoms with Crippen LogP contribution in [0, 0.1) is 0 Å². The molecule has 2 aromatic rings. The fourth-order valence-electron chi connectivity index (χ4n) is 1.37. The molecule has 0 aliphatic rings. The second-order valence-corrected chi connectivity index (χ2v) is 4.10. The Balaban J connectivity index is 2.74. The second kappa shape index (κ2) is 3.66. The second-order valence-electron chi connectivity index (χ2n) is 3.67. The summed E-state index contributed by atoms with van der Waals surface area (Å²) in [6, 6.07) is 3.27. The first-order chi connectivity index (χ1) is 7.11. The van der Waals surface area contributed by atoms with Crippen molar-refractivity contribution >= 4 is 29.0 Å². The largest absolute Gasteiger partial charge is 0.440 e. The number of carbonyl (C=O) groups is 1. The van der Waals surface area contributed by atoms with Gasteiger partial charge in [0.1, 0.15) is 5.52 Å². The summed E-state index contributed by atoms with van der Waals surface area (Å²) < 4.78 is 5.51. The quantitative estimate of drug-likeness (QED) is 0.733. The summed E-state index contributed by atoms with van der Waals surface area (Å²) in [5.41, 5.74) is 1.59. The van der Waals surface area contributed by atoms with Crippen molar-refractivity contribution in [2.45, 2.75) is 19.8 Å². The number of benzene rings is 1. The lowest BCUT2D eigenvalue weighted by Crippen LogP contribution is -1.84. The average Bonchev–Trinajstić information content (AvgIpc) is 2.59. The lowest BCUT2D eigenvalue weighted by molar-refractivity contribution is 0.112. The van der Waals surface area contributed by atoms with E-state index in [1.165, 1.54) is 0 Å². The van der Waals surface area contributed by atoms with E-state index >= 15 is 0 Å². The third-order valence-electron chi connectivity index (χ3n) is 2.12. The monoisotopic (exact) mass is 223 g/mol. The van der Waals surface area contributed by atoms with E-state index in [9.17, 15) is 4.79 Å². The van der Waals surface area contributed by atoms with Gasteiger partial charge in [-0.15, -0.1) is 0 Å². The van der Waals surface area contributed by atoms with Gasteiger partial charge in [-0.1, -0.05) is 25.4 Å². The van der Waals surface area contributed by atoms with Crippen LogP contribution in [-0.4, -0.2) is 11.3 Å². The summed E-state index contributed by atoms with van der Waals surface area (Å²) in [7, 11) is 0. The molecule has 1 heterocycles. The summed E-state index contributed by atoms with van der Waals surface area (Å²) in [4.78, 5) is 15.1. The van der Waals surface area contributed by atoms with Crippen LogP contribution in [-0.2, 0) is 0 Å². The molecule has 15 heavy (non-hydrogen) atoms. The molecule has 0 saturated carbocycles. The average molecular weight is 224 g/mol. The van der Waals surface area contributed by atoms with Gasteiger partial charge >= 0.3 is 0 Å². The first-order valence-electron chi connectivity index (χ1n) is 4.67. The van der Waals surface area contributed by atoms with Crippen LogP contribution in [0.1, 0.15) is 36.0 Å². The molecule has 0 radical (unpaired) electrons. The highest BCUT2D eigenvalue weighted by molar-refractivity contribution is 6.31. The van der Waals surface area contributed by atoms with Crippen LogP contribution in [0.2, 0.25) is 5.02 Å². The summed E-state index contributed by atoms with van der Waals surface area (Å²) in [6.45, 7) is 3.96. The molecule has 4 heteroatoms. The first kappa shape index (κ1) is 10.2. The van der Waals surface area contributed by atoms with Crippen LogP contribution in [0.25, 0.3) is 11.1 Å². The third-order valence-corrected chi connectivity index (χ3v) is 2.34. The van der Waals surface area contributed by atoms with Gasteiger partial charge < -0.3 is 4.42 Å². The maximum atomic E-state index is 10.8. The molecule has 0 atom stereocenters. The van der Waals surface area contributed by atoms with Gasteiger partial charge in [-0.25, -0.2) is 4.98 Å². The summed E-state index contributed by atoms with van der Waals surface area (Å²) in [5.74, 6) is 0.811. The van der Waals surface area contributed by atoms with Gasteiger partial charge in [0, 0.05) is 10.9 Å². The molecule has 0 spiro atoms. The summed E-state index contributed by atoms with van der Waals surface area (Å²) >= 11 is 5.85. The Morgan fingerprint density at radius 1 is 1.47 bits per heavy atom. The van der Waals surface area contributed by atoms with Crippen molar-refractivity contribution in [2.75, 3.05) is 0 Å². The molecule has 1 aromatic heterocycles. The van der Waals surface area contributed by atoms with E-state index in [0.717, 1.165) is 6.29 Å². The van der Waals surface area contributed by atoms with Crippen molar-refractivity contribution in [1.29, 1.82) is 0 Å². The third kappa shape index (κ3) is 1.75. The van der Waals surface area contributed by atoms with Crippen LogP contribution in [0.4, 0.5) is 0 Å². The molecule has 0 bridgehead atoms. The number of hydrogen-bond acceptors (Lipinski definition) is 3. The molecule has 0 fully saturated rings. The zero-order valence-corrected chi connectivity index (χ0v) is 9.21. The van der Waals surface area contributed by atoms with E-state index < -0.39 is 0 Å². The van der Waals surface area contributed by atoms with Crippen molar-refractivity contribution in [1.82, 2.24) is 4.98 Å². The van der Waals surface area contributed by atoms with Crippen molar-refractivity contribution < 1.29 is 9.21 Å². The Labute approximate surface area is 92.1 Å². The van der Waals surface area contributed by atoms with Gasteiger partial charge in [0.25, 0.3) is 0 Å². The topological polar surface area (TPSA) is 43.1 Å². The fraction of sp³-hybridized carbons (Fsp3) is 0.273. The molecule has 0 aliphatic heterocycles. The number of oxazole rings is 1. The van der Waals surface area contributed by atoms with E-state index in [2.05, 4.69) is 4.98 Å². The molecular weight excluding hydrogens is 214 g/mol. The Morgan fingerprint density at radius 2 is 2.20 bits per heavy atom. The Morgan fingerprint density at radius 3 is 2.80 bits per heavy atom. The highest BCUT2D eigenvalue weighted by Crippen LogP contribution is 2.26. The molecule has 0 amide bonds. The number of aromatic nitrogens is 1. The predicted molar refractivity (Wildman–Crippen MR) is 58.5 cm³/mol. The standard InChI is InChI=1S/C11H10ClNO2/c1-6(2)11-13-9-4-8(12)3-7(5-14)10(9)15-11/h3-6H,1-2H3. The predicted octanol–water partition coefficient (Wildman–Crippen LogP) is 3.42. The minimum atomic E-state index is 0.190. The number of aldehydes is 1. The zero-order chi connectivity index (χ0) is 11.0. The maximum absolute atomic E-state index is 10.8. The molecule has 1 aromatic carbocycles. The maximum Gasteiger partial charge on any atom is 0.198 e. The summed E-state index contributed by atoms with van der Waals surface area (Å²) in [6.07, 6.45) is 0.726. The number of hydrogen-bond donors (Lipinski definition) is 0. The fourth-order valence-corrected chi connectivity index (χ4v) is 1.60. The van der Waals surface area contributed by atoms with E-state index in [1.807, 2.05) is 13.8 Å². The van der Waals surface area contributed by atoms with Gasteiger partial charge in [-0.2, -0.15) is 0 Å². The molecule has 78 valence electrons. The van der Waals surface area contributed by atoms with Crippen LogP contribution in [0.15, 0.2) is 16.5 Å². The highest BCUT2D eigenvalue weighted by atomic mass is 35.5. The summed E-state index contributed by atoms with van der Waals surface area (Å²) in [5, 5.41) is 0.494. The van der Waals surface area contributed by atoms with Crippen molar-refractivity contribution in [3.63, 3.8) is 0 Å². The van der Waals surface area contributed by atoms with E-state index in [-0.39, 0.29) is 5.92 Å². The normalized spacial score (nSPS) is 11.2. The van der Waals surface area contributed by atoms with Gasteiger partial charge in [-0.3, -0.25) is 4.79 Å². The minimum absolute atomic E-state index is 0.190. The van der Waals surface area contributed by atoms with Crippen LogP contribution in [0.5, 0.6) is 0 Å². The molecular formula is C11H10ClNO2. The molecule has 3 nitrogen and oxygen atoms in total. The Kier molecular flexibility index (Phi) is 2.49. The SMILES string of the molecule is CC(C)c1nc2cc(Cl)cc(C=O)c2o1. The zero-order valence-electron chi connectivity index (χ0n) is 8.45. The molecule has 0 saturated heterocycles. The number of halogens is 1. The van der Waals surface area contributed by atoms with E-state index in [0.29, 0.717) is 27.6 Å². The molecule has 2 rings (SSSR count). The van der Waals surface area contributed by atoms with Crippen molar-refractivity contribution in [3.8, 4) is 0 Å². The molecule has 0 N–H and O–H groups in total. The highest BCUT2D eigenvalue weighted by Gasteiger charge is 2.13. The first-order valence-corrected chi connectivity index (χ1v) is 5.04. The van der Waals surface area contributed by atoms with Crippen molar-refractivity contribution in [3.05, 3.63) is 28.6 Å². The smallest absolute Gasteiger partial charge is 0.198 e. The lowest BCUT2D eigenvalue weighted by Gasteiger charge is -1.94. The van der Waals surface area contributed by atoms with E-state index in [4.69, 9.17) is 16.0 Å². The minimum Gasteiger partial charge on any atom is -0.440 e. The molecule has 0 unspecified atom stereocenters. The van der Waals surface area contributed by atoms with Crippen LogP contribution >= 0.6 is 11.6 Å². The van der Waals surface area contributed by atoms with Gasteiger partial charge in [0.15, 0.2) is 17.8 Å². The van der Waals surface area contributed by atoms with E-state index in [1.54, 1.807) is 12.1 Å².